The summed E-state index contributed by atoms with van der Waals surface area (Å²) in [5.41, 5.74) is 1.19. The average molecular weight is 277 g/mol. The molecule has 0 unspecified atom stereocenters. The van der Waals surface area contributed by atoms with Crippen molar-refractivity contribution in [1.29, 1.82) is 0 Å². The summed E-state index contributed by atoms with van der Waals surface area (Å²) in [6, 6.07) is 9.93. The summed E-state index contributed by atoms with van der Waals surface area (Å²) in [5, 5.41) is 19.2. The van der Waals surface area contributed by atoms with E-state index in [2.05, 4.69) is 15.5 Å². The maximum absolute atomic E-state index is 10.9. The lowest BCUT2D eigenvalue weighted by Crippen LogP contribution is -2.21. The second-order valence-corrected chi connectivity index (χ2v) is 4.81. The molecule has 2 rings (SSSR count). The smallest absolute Gasteiger partial charge is 0.394 e. The fraction of sp³-hybridized carbons (Fsp3) is 0.167. The zero-order chi connectivity index (χ0) is 13.7. The Morgan fingerprint density at radius 1 is 1.16 bits per heavy atom. The number of benzene rings is 1. The SMILES string of the molecule is O=C(O)C(=O)Nc1nnc(CCc2ccccc2)s1. The molecule has 98 valence electrons. The highest BCUT2D eigenvalue weighted by atomic mass is 32.1. The number of carbonyl (C=O) groups excluding carboxylic acids is 1. The van der Waals surface area contributed by atoms with E-state index in [0.717, 1.165) is 11.4 Å². The Balaban J connectivity index is 1.91. The number of carboxylic acid groups (broad SMARTS) is 1. The van der Waals surface area contributed by atoms with Crippen LogP contribution in [-0.2, 0) is 22.4 Å². The van der Waals surface area contributed by atoms with Crippen LogP contribution in [-0.4, -0.2) is 27.2 Å². The van der Waals surface area contributed by atoms with E-state index >= 15 is 0 Å². The number of nitrogens with one attached hydrogen (secondary N) is 1. The number of anilines is 1. The third kappa shape index (κ3) is 3.85. The topological polar surface area (TPSA) is 92.2 Å². The molecule has 0 atom stereocenters. The molecule has 0 aliphatic rings. The number of carboxylic acids is 1. The van der Waals surface area contributed by atoms with Crippen LogP contribution in [0.15, 0.2) is 30.3 Å². The number of aliphatic carboxylic acids is 1. The molecular weight excluding hydrogens is 266 g/mol. The number of aryl methyl sites for hydroxylation is 2. The molecule has 2 N–H and O–H groups in total. The van der Waals surface area contributed by atoms with Crippen LogP contribution in [0.25, 0.3) is 0 Å². The quantitative estimate of drug-likeness (QED) is 0.823. The fourth-order valence-electron chi connectivity index (χ4n) is 1.45. The Labute approximate surface area is 113 Å². The van der Waals surface area contributed by atoms with Crippen LogP contribution in [0.3, 0.4) is 0 Å². The normalized spacial score (nSPS) is 10.1. The van der Waals surface area contributed by atoms with E-state index in [1.807, 2.05) is 30.3 Å². The predicted octanol–water partition coefficient (Wildman–Crippen LogP) is 1.35. The Bertz CT molecular complexity index is 583. The van der Waals surface area contributed by atoms with Crippen molar-refractivity contribution in [2.75, 3.05) is 5.32 Å². The highest BCUT2D eigenvalue weighted by Crippen LogP contribution is 2.17. The molecule has 0 radical (unpaired) electrons. The van der Waals surface area contributed by atoms with Gasteiger partial charge in [0.2, 0.25) is 5.13 Å². The Morgan fingerprint density at radius 3 is 2.58 bits per heavy atom. The molecule has 7 heteroatoms. The number of carbonyl (C=O) groups is 2. The molecule has 0 aliphatic carbocycles. The Kier molecular flexibility index (Phi) is 4.19. The summed E-state index contributed by atoms with van der Waals surface area (Å²) >= 11 is 1.18. The fourth-order valence-corrected chi connectivity index (χ4v) is 2.19. The van der Waals surface area contributed by atoms with Gasteiger partial charge in [-0.25, -0.2) is 4.79 Å². The van der Waals surface area contributed by atoms with E-state index in [1.165, 1.54) is 16.9 Å². The molecule has 1 amide bonds. The number of hydrogen-bond acceptors (Lipinski definition) is 5. The lowest BCUT2D eigenvalue weighted by Gasteiger charge is -1.97. The standard InChI is InChI=1S/C12H11N3O3S/c16-10(11(17)18)13-12-15-14-9(19-12)7-6-8-4-2-1-3-5-8/h1-5H,6-7H2,(H,17,18)(H,13,15,16). The van der Waals surface area contributed by atoms with Gasteiger partial charge in [0, 0.05) is 6.42 Å². The van der Waals surface area contributed by atoms with Crippen molar-refractivity contribution in [2.24, 2.45) is 0 Å². The zero-order valence-electron chi connectivity index (χ0n) is 9.87. The minimum absolute atomic E-state index is 0.204. The second kappa shape index (κ2) is 6.05. The molecule has 0 bridgehead atoms. The van der Waals surface area contributed by atoms with Gasteiger partial charge in [-0.3, -0.25) is 10.1 Å². The van der Waals surface area contributed by atoms with Crippen molar-refractivity contribution >= 4 is 28.3 Å². The van der Waals surface area contributed by atoms with Crippen LogP contribution in [0, 0.1) is 0 Å². The molecule has 0 saturated heterocycles. The molecule has 6 nitrogen and oxygen atoms in total. The minimum atomic E-state index is -1.54. The molecule has 0 saturated carbocycles. The van der Waals surface area contributed by atoms with E-state index in [0.29, 0.717) is 6.42 Å². The van der Waals surface area contributed by atoms with Gasteiger partial charge >= 0.3 is 11.9 Å². The molecule has 1 aromatic carbocycles. The summed E-state index contributed by atoms with van der Waals surface area (Å²) in [6.07, 6.45) is 1.52. The molecule has 0 fully saturated rings. The van der Waals surface area contributed by atoms with Crippen molar-refractivity contribution in [3.63, 3.8) is 0 Å². The summed E-state index contributed by atoms with van der Waals surface area (Å²) < 4.78 is 0. The molecule has 1 heterocycles. The van der Waals surface area contributed by atoms with Gasteiger partial charge < -0.3 is 5.11 Å². The maximum Gasteiger partial charge on any atom is 0.394 e. The first-order valence-corrected chi connectivity index (χ1v) is 6.37. The molecular formula is C12H11N3O3S. The molecule has 19 heavy (non-hydrogen) atoms. The van der Waals surface area contributed by atoms with Crippen molar-refractivity contribution < 1.29 is 14.7 Å². The largest absolute Gasteiger partial charge is 0.474 e. The maximum atomic E-state index is 10.9. The van der Waals surface area contributed by atoms with Crippen LogP contribution >= 0.6 is 11.3 Å². The first-order chi connectivity index (χ1) is 9.15. The van der Waals surface area contributed by atoms with E-state index < -0.39 is 11.9 Å². The Morgan fingerprint density at radius 2 is 1.89 bits per heavy atom. The number of rotatable bonds is 4. The molecule has 0 aliphatic heterocycles. The van der Waals surface area contributed by atoms with Gasteiger partial charge in [0.25, 0.3) is 0 Å². The van der Waals surface area contributed by atoms with Crippen LogP contribution in [0.1, 0.15) is 10.6 Å². The number of nitrogens with zero attached hydrogens (tertiary/aromatic N) is 2. The van der Waals surface area contributed by atoms with Gasteiger partial charge in [0.05, 0.1) is 0 Å². The zero-order valence-corrected chi connectivity index (χ0v) is 10.7. The van der Waals surface area contributed by atoms with Gasteiger partial charge in [-0.05, 0) is 12.0 Å². The van der Waals surface area contributed by atoms with Gasteiger partial charge in [-0.2, -0.15) is 0 Å². The highest BCUT2D eigenvalue weighted by Gasteiger charge is 2.14. The summed E-state index contributed by atoms with van der Waals surface area (Å²) in [4.78, 5) is 21.3. The van der Waals surface area contributed by atoms with E-state index in [1.54, 1.807) is 0 Å². The minimum Gasteiger partial charge on any atom is -0.474 e. The predicted molar refractivity (Wildman–Crippen MR) is 70.0 cm³/mol. The van der Waals surface area contributed by atoms with Crippen LogP contribution < -0.4 is 5.32 Å². The third-order valence-corrected chi connectivity index (χ3v) is 3.25. The van der Waals surface area contributed by atoms with Crippen molar-refractivity contribution in [2.45, 2.75) is 12.8 Å². The molecule has 0 spiro atoms. The van der Waals surface area contributed by atoms with Gasteiger partial charge in [0.15, 0.2) is 0 Å². The van der Waals surface area contributed by atoms with Crippen molar-refractivity contribution in [3.05, 3.63) is 40.9 Å². The first kappa shape index (κ1) is 13.2. The summed E-state index contributed by atoms with van der Waals surface area (Å²) in [7, 11) is 0. The second-order valence-electron chi connectivity index (χ2n) is 3.75. The lowest BCUT2D eigenvalue weighted by atomic mass is 10.1. The van der Waals surface area contributed by atoms with E-state index in [4.69, 9.17) is 5.11 Å². The van der Waals surface area contributed by atoms with Crippen LogP contribution in [0.4, 0.5) is 5.13 Å². The van der Waals surface area contributed by atoms with E-state index in [9.17, 15) is 9.59 Å². The average Bonchev–Trinajstić information content (AvgIpc) is 2.85. The van der Waals surface area contributed by atoms with Crippen molar-refractivity contribution in [3.8, 4) is 0 Å². The lowest BCUT2D eigenvalue weighted by molar-refractivity contribution is -0.147. The number of hydrogen-bond donors (Lipinski definition) is 2. The van der Waals surface area contributed by atoms with Crippen LogP contribution in [0.2, 0.25) is 0 Å². The Hall–Kier alpha value is -2.28. The summed E-state index contributed by atoms with van der Waals surface area (Å²) in [6.45, 7) is 0. The third-order valence-electron chi connectivity index (χ3n) is 2.35. The number of amides is 1. The highest BCUT2D eigenvalue weighted by molar-refractivity contribution is 7.15. The van der Waals surface area contributed by atoms with Gasteiger partial charge in [0.1, 0.15) is 5.01 Å². The van der Waals surface area contributed by atoms with Crippen molar-refractivity contribution in [1.82, 2.24) is 10.2 Å². The summed E-state index contributed by atoms with van der Waals surface area (Å²) in [5.74, 6) is -2.65. The van der Waals surface area contributed by atoms with Crippen LogP contribution in [0.5, 0.6) is 0 Å². The molecule has 1 aromatic heterocycles. The monoisotopic (exact) mass is 277 g/mol. The first-order valence-electron chi connectivity index (χ1n) is 5.56. The number of aromatic nitrogens is 2. The molecule has 2 aromatic rings. The van der Waals surface area contributed by atoms with Gasteiger partial charge in [-0.15, -0.1) is 10.2 Å². The van der Waals surface area contributed by atoms with E-state index in [-0.39, 0.29) is 5.13 Å². The van der Waals surface area contributed by atoms with Gasteiger partial charge in [-0.1, -0.05) is 41.7 Å².